The van der Waals surface area contributed by atoms with Crippen molar-refractivity contribution in [2.75, 3.05) is 7.11 Å². The highest BCUT2D eigenvalue weighted by atomic mass is 19.4. The van der Waals surface area contributed by atoms with E-state index in [4.69, 9.17) is 4.74 Å². The average molecular weight is 323 g/mol. The molecule has 0 aliphatic carbocycles. The van der Waals surface area contributed by atoms with Crippen LogP contribution in [-0.4, -0.2) is 12.0 Å². The summed E-state index contributed by atoms with van der Waals surface area (Å²) in [4.78, 5) is 9.78. The van der Waals surface area contributed by atoms with Gasteiger partial charge >= 0.3 is 6.18 Å². The summed E-state index contributed by atoms with van der Waals surface area (Å²) in [5.41, 5.74) is -1.11. The maximum Gasteiger partial charge on any atom is 0.417 e. The van der Waals surface area contributed by atoms with Gasteiger partial charge in [-0.3, -0.25) is 10.1 Å². The standard InChI is InChI=1S/C16H12F3NO3/c1-23-14-8-3-11(4-9-14)2-5-12-6-7-13(20(21)22)10-15(12)16(17,18)19/h2-10H,1H3/b5-2+. The van der Waals surface area contributed by atoms with Crippen molar-refractivity contribution in [3.63, 3.8) is 0 Å². The minimum atomic E-state index is -4.67. The first-order valence-corrected chi connectivity index (χ1v) is 6.49. The molecular weight excluding hydrogens is 311 g/mol. The molecule has 0 aliphatic rings. The Labute approximate surface area is 130 Å². The van der Waals surface area contributed by atoms with Crippen LogP contribution in [0.1, 0.15) is 16.7 Å². The summed E-state index contributed by atoms with van der Waals surface area (Å²) in [6, 6.07) is 9.40. The van der Waals surface area contributed by atoms with Crippen molar-refractivity contribution in [2.45, 2.75) is 6.18 Å². The average Bonchev–Trinajstić information content (AvgIpc) is 2.52. The number of nitrogens with zero attached hydrogens (tertiary/aromatic N) is 1. The van der Waals surface area contributed by atoms with Crippen LogP contribution < -0.4 is 4.74 Å². The molecule has 2 rings (SSSR count). The van der Waals surface area contributed by atoms with E-state index in [1.807, 2.05) is 0 Å². The van der Waals surface area contributed by atoms with Crippen LogP contribution in [0.4, 0.5) is 18.9 Å². The van der Waals surface area contributed by atoms with Gasteiger partial charge in [0.05, 0.1) is 17.6 Å². The van der Waals surface area contributed by atoms with E-state index >= 15 is 0 Å². The van der Waals surface area contributed by atoms with Gasteiger partial charge in [0.2, 0.25) is 0 Å². The van der Waals surface area contributed by atoms with Crippen molar-refractivity contribution in [1.29, 1.82) is 0 Å². The van der Waals surface area contributed by atoms with Crippen LogP contribution in [0.15, 0.2) is 42.5 Å². The highest BCUT2D eigenvalue weighted by molar-refractivity contribution is 5.72. The van der Waals surface area contributed by atoms with Crippen LogP contribution in [0.2, 0.25) is 0 Å². The van der Waals surface area contributed by atoms with Crippen molar-refractivity contribution in [2.24, 2.45) is 0 Å². The Morgan fingerprint density at radius 1 is 1.09 bits per heavy atom. The fourth-order valence-electron chi connectivity index (χ4n) is 1.95. The second-order valence-electron chi connectivity index (χ2n) is 4.63. The molecule has 4 nitrogen and oxygen atoms in total. The number of hydrogen-bond acceptors (Lipinski definition) is 3. The minimum Gasteiger partial charge on any atom is -0.497 e. The topological polar surface area (TPSA) is 52.4 Å². The zero-order valence-electron chi connectivity index (χ0n) is 12.0. The zero-order valence-corrected chi connectivity index (χ0v) is 12.0. The molecule has 0 spiro atoms. The molecule has 0 radical (unpaired) electrons. The highest BCUT2D eigenvalue weighted by Gasteiger charge is 2.34. The van der Waals surface area contributed by atoms with E-state index in [-0.39, 0.29) is 5.56 Å². The molecule has 120 valence electrons. The van der Waals surface area contributed by atoms with Gasteiger partial charge in [-0.1, -0.05) is 24.3 Å². The SMILES string of the molecule is COc1ccc(/C=C/c2ccc([N+](=O)[O-])cc2C(F)(F)F)cc1. The minimum absolute atomic E-state index is 0.140. The summed E-state index contributed by atoms with van der Waals surface area (Å²) in [6.45, 7) is 0. The Balaban J connectivity index is 2.37. The fraction of sp³-hybridized carbons (Fsp3) is 0.125. The molecule has 0 aliphatic heterocycles. The normalized spacial score (nSPS) is 11.7. The number of halogens is 3. The molecule has 0 amide bonds. The second kappa shape index (κ2) is 6.51. The maximum absolute atomic E-state index is 13.0. The van der Waals surface area contributed by atoms with E-state index in [2.05, 4.69) is 0 Å². The molecule has 0 aromatic heterocycles. The third-order valence-corrected chi connectivity index (χ3v) is 3.12. The molecule has 0 fully saturated rings. The molecule has 0 unspecified atom stereocenters. The Morgan fingerprint density at radius 3 is 2.26 bits per heavy atom. The van der Waals surface area contributed by atoms with E-state index in [0.717, 1.165) is 12.1 Å². The molecule has 0 saturated heterocycles. The van der Waals surface area contributed by atoms with Crippen LogP contribution in [-0.2, 0) is 6.18 Å². The summed E-state index contributed by atoms with van der Waals surface area (Å²) < 4.78 is 44.1. The second-order valence-corrected chi connectivity index (χ2v) is 4.63. The predicted molar refractivity (Wildman–Crippen MR) is 80.0 cm³/mol. The third-order valence-electron chi connectivity index (χ3n) is 3.12. The van der Waals surface area contributed by atoms with Gasteiger partial charge in [0.25, 0.3) is 5.69 Å². The molecule has 23 heavy (non-hydrogen) atoms. The van der Waals surface area contributed by atoms with E-state index in [1.54, 1.807) is 24.3 Å². The van der Waals surface area contributed by atoms with Crippen LogP contribution in [0.3, 0.4) is 0 Å². The summed E-state index contributed by atoms with van der Waals surface area (Å²) >= 11 is 0. The lowest BCUT2D eigenvalue weighted by atomic mass is 10.0. The van der Waals surface area contributed by atoms with Gasteiger partial charge < -0.3 is 4.74 Å². The van der Waals surface area contributed by atoms with Gasteiger partial charge in [-0.25, -0.2) is 0 Å². The first-order chi connectivity index (χ1) is 10.8. The van der Waals surface area contributed by atoms with Gasteiger partial charge in [0.1, 0.15) is 5.75 Å². The number of hydrogen-bond donors (Lipinski definition) is 0. The van der Waals surface area contributed by atoms with Gasteiger partial charge in [0, 0.05) is 12.1 Å². The van der Waals surface area contributed by atoms with E-state index < -0.39 is 22.4 Å². The van der Waals surface area contributed by atoms with E-state index in [9.17, 15) is 23.3 Å². The Hall–Kier alpha value is -2.83. The maximum atomic E-state index is 13.0. The number of methoxy groups -OCH3 is 1. The molecule has 2 aromatic carbocycles. The number of nitro benzene ring substituents is 1. The Kier molecular flexibility index (Phi) is 4.68. The molecule has 7 heteroatoms. The number of rotatable bonds is 4. The number of benzene rings is 2. The lowest BCUT2D eigenvalue weighted by Crippen LogP contribution is -2.08. The predicted octanol–water partition coefficient (Wildman–Crippen LogP) is 4.79. The van der Waals surface area contributed by atoms with Crippen LogP contribution in [0.25, 0.3) is 12.2 Å². The van der Waals surface area contributed by atoms with Gasteiger partial charge in [-0.2, -0.15) is 13.2 Å². The quantitative estimate of drug-likeness (QED) is 0.462. The Bertz CT molecular complexity index is 737. The van der Waals surface area contributed by atoms with Crippen molar-refractivity contribution >= 4 is 17.8 Å². The van der Waals surface area contributed by atoms with Crippen molar-refractivity contribution in [1.82, 2.24) is 0 Å². The van der Waals surface area contributed by atoms with Crippen LogP contribution in [0.5, 0.6) is 5.75 Å². The number of non-ortho nitro benzene ring substituents is 1. The number of nitro groups is 1. The van der Waals surface area contributed by atoms with Crippen molar-refractivity contribution < 1.29 is 22.8 Å². The summed E-state index contributed by atoms with van der Waals surface area (Å²) in [5.74, 6) is 0.633. The summed E-state index contributed by atoms with van der Waals surface area (Å²) in [7, 11) is 1.51. The Morgan fingerprint density at radius 2 is 1.74 bits per heavy atom. The fourth-order valence-corrected chi connectivity index (χ4v) is 1.95. The van der Waals surface area contributed by atoms with Gasteiger partial charge in [-0.15, -0.1) is 0 Å². The third kappa shape index (κ3) is 4.09. The van der Waals surface area contributed by atoms with Crippen molar-refractivity contribution in [3.8, 4) is 5.75 Å². The summed E-state index contributed by atoms with van der Waals surface area (Å²) in [6.07, 6.45) is -1.91. The highest BCUT2D eigenvalue weighted by Crippen LogP contribution is 2.35. The first-order valence-electron chi connectivity index (χ1n) is 6.49. The van der Waals surface area contributed by atoms with Crippen LogP contribution in [0, 0.1) is 10.1 Å². The van der Waals surface area contributed by atoms with E-state index in [1.165, 1.54) is 19.3 Å². The monoisotopic (exact) mass is 323 g/mol. The smallest absolute Gasteiger partial charge is 0.417 e. The molecule has 0 heterocycles. The van der Waals surface area contributed by atoms with E-state index in [0.29, 0.717) is 17.4 Å². The lowest BCUT2D eigenvalue weighted by molar-refractivity contribution is -0.385. The largest absolute Gasteiger partial charge is 0.497 e. The lowest BCUT2D eigenvalue weighted by Gasteiger charge is -2.10. The molecule has 0 N–H and O–H groups in total. The van der Waals surface area contributed by atoms with Crippen molar-refractivity contribution in [3.05, 3.63) is 69.3 Å². The molecule has 0 atom stereocenters. The number of ether oxygens (including phenoxy) is 1. The summed E-state index contributed by atoms with van der Waals surface area (Å²) in [5, 5.41) is 10.6. The number of alkyl halides is 3. The van der Waals surface area contributed by atoms with Gasteiger partial charge in [-0.05, 0) is 29.3 Å². The first kappa shape index (κ1) is 16.5. The van der Waals surface area contributed by atoms with Gasteiger partial charge in [0.15, 0.2) is 0 Å². The zero-order chi connectivity index (χ0) is 17.0. The van der Waals surface area contributed by atoms with Crippen LogP contribution >= 0.6 is 0 Å². The molecule has 0 bridgehead atoms. The molecular formula is C16H12F3NO3. The molecule has 2 aromatic rings. The molecule has 0 saturated carbocycles.